The Morgan fingerprint density at radius 3 is 2.58 bits per heavy atom. The van der Waals surface area contributed by atoms with Crippen LogP contribution in [0.4, 0.5) is 0 Å². The second-order valence-electron chi connectivity index (χ2n) is 6.33. The van der Waals surface area contributed by atoms with Gasteiger partial charge in [-0.1, -0.05) is 48.5 Å². The first kappa shape index (κ1) is 15.4. The fourth-order valence-electron chi connectivity index (χ4n) is 3.47. The van der Waals surface area contributed by atoms with Crippen molar-refractivity contribution in [2.75, 3.05) is 26.2 Å². The zero-order valence-corrected chi connectivity index (χ0v) is 14.4. The number of hydrogen-bond acceptors (Lipinski definition) is 2. The summed E-state index contributed by atoms with van der Waals surface area (Å²) in [7, 11) is 0. The molecule has 1 aliphatic rings. The van der Waals surface area contributed by atoms with Gasteiger partial charge in [0.05, 0.1) is 31.1 Å². The van der Waals surface area contributed by atoms with E-state index in [9.17, 15) is 4.79 Å². The summed E-state index contributed by atoms with van der Waals surface area (Å²) in [5.41, 5.74) is 1.40. The number of amides is 1. The molecule has 1 fully saturated rings. The molecule has 1 N–H and O–H groups in total. The fourth-order valence-corrected chi connectivity index (χ4v) is 4.17. The van der Waals surface area contributed by atoms with Gasteiger partial charge in [0.2, 0.25) is 0 Å². The van der Waals surface area contributed by atoms with Gasteiger partial charge < -0.3 is 9.80 Å². The molecule has 122 valence electrons. The molecule has 24 heavy (non-hydrogen) atoms. The van der Waals surface area contributed by atoms with Crippen LogP contribution < -0.4 is 4.90 Å². The summed E-state index contributed by atoms with van der Waals surface area (Å²) in [6, 6.07) is 19.0. The average Bonchev–Trinajstić information content (AvgIpc) is 3.17. The third-order valence-electron chi connectivity index (χ3n) is 4.81. The van der Waals surface area contributed by atoms with E-state index in [2.05, 4.69) is 42.5 Å². The van der Waals surface area contributed by atoms with Crippen molar-refractivity contribution < 1.29 is 9.69 Å². The van der Waals surface area contributed by atoms with Crippen molar-refractivity contribution in [2.24, 2.45) is 0 Å². The number of nitrogens with one attached hydrogen (secondary N) is 1. The lowest BCUT2D eigenvalue weighted by Gasteiger charge is -2.32. The predicted molar refractivity (Wildman–Crippen MR) is 98.6 cm³/mol. The van der Waals surface area contributed by atoms with Gasteiger partial charge in [0.15, 0.2) is 0 Å². The summed E-state index contributed by atoms with van der Waals surface area (Å²) >= 11 is 1.53. The van der Waals surface area contributed by atoms with Gasteiger partial charge in [-0.05, 0) is 22.2 Å². The van der Waals surface area contributed by atoms with E-state index >= 15 is 0 Å². The lowest BCUT2D eigenvalue weighted by Crippen LogP contribution is -3.13. The zero-order valence-electron chi connectivity index (χ0n) is 13.6. The van der Waals surface area contributed by atoms with Crippen LogP contribution in [0.25, 0.3) is 10.8 Å². The molecule has 2 aromatic carbocycles. The van der Waals surface area contributed by atoms with E-state index < -0.39 is 0 Å². The number of thiophene rings is 1. The summed E-state index contributed by atoms with van der Waals surface area (Å²) in [6.45, 7) is 4.75. The highest BCUT2D eigenvalue weighted by molar-refractivity contribution is 7.12. The van der Waals surface area contributed by atoms with E-state index in [1.165, 1.54) is 27.7 Å². The van der Waals surface area contributed by atoms with Crippen molar-refractivity contribution in [2.45, 2.75) is 6.54 Å². The topological polar surface area (TPSA) is 24.8 Å². The molecule has 0 bridgehead atoms. The summed E-state index contributed by atoms with van der Waals surface area (Å²) in [6.07, 6.45) is 0. The molecule has 0 spiro atoms. The molecule has 0 aliphatic carbocycles. The zero-order chi connectivity index (χ0) is 16.4. The van der Waals surface area contributed by atoms with Crippen LogP contribution in [0.5, 0.6) is 0 Å². The molecule has 0 unspecified atom stereocenters. The van der Waals surface area contributed by atoms with E-state index in [0.717, 1.165) is 37.6 Å². The summed E-state index contributed by atoms with van der Waals surface area (Å²) in [5.74, 6) is 0.189. The third kappa shape index (κ3) is 3.07. The van der Waals surface area contributed by atoms with E-state index in [0.29, 0.717) is 0 Å². The Balaban J connectivity index is 1.42. The Hall–Kier alpha value is -2.17. The molecule has 2 heterocycles. The Labute approximate surface area is 146 Å². The van der Waals surface area contributed by atoms with Gasteiger partial charge in [-0.15, -0.1) is 11.3 Å². The molecule has 4 rings (SSSR count). The minimum absolute atomic E-state index is 0.189. The van der Waals surface area contributed by atoms with Gasteiger partial charge in [0.1, 0.15) is 6.54 Å². The van der Waals surface area contributed by atoms with Gasteiger partial charge >= 0.3 is 0 Å². The Morgan fingerprint density at radius 1 is 1.00 bits per heavy atom. The first-order chi connectivity index (χ1) is 11.8. The van der Waals surface area contributed by atoms with Crippen molar-refractivity contribution in [3.05, 3.63) is 70.4 Å². The van der Waals surface area contributed by atoms with E-state index in [1.54, 1.807) is 4.90 Å². The standard InChI is InChI=1S/C20H20N2OS/c23-20(19-9-4-14-24-19)22-12-10-21(11-13-22)15-17-7-3-6-16-5-1-2-8-18(16)17/h1-9,14H,10-13,15H2/p+1. The Bertz CT molecular complexity index is 830. The van der Waals surface area contributed by atoms with Crippen molar-refractivity contribution in [3.8, 4) is 0 Å². The molecular formula is C20H21N2OS+. The monoisotopic (exact) mass is 337 g/mol. The van der Waals surface area contributed by atoms with Crippen LogP contribution in [0.1, 0.15) is 15.2 Å². The predicted octanol–water partition coefficient (Wildman–Crippen LogP) is 2.44. The molecule has 0 radical (unpaired) electrons. The first-order valence-electron chi connectivity index (χ1n) is 8.44. The Morgan fingerprint density at radius 2 is 1.79 bits per heavy atom. The third-order valence-corrected chi connectivity index (χ3v) is 5.67. The van der Waals surface area contributed by atoms with E-state index in [1.807, 2.05) is 22.4 Å². The van der Waals surface area contributed by atoms with Crippen LogP contribution in [0.3, 0.4) is 0 Å². The highest BCUT2D eigenvalue weighted by Gasteiger charge is 2.25. The number of carbonyl (C=O) groups is 1. The maximum atomic E-state index is 12.4. The number of nitrogens with zero attached hydrogens (tertiary/aromatic N) is 1. The Kier molecular flexibility index (Phi) is 4.32. The normalized spacial score (nSPS) is 15.8. The fraction of sp³-hybridized carbons (Fsp3) is 0.250. The molecular weight excluding hydrogens is 316 g/mol. The molecule has 1 aromatic heterocycles. The minimum atomic E-state index is 0.189. The van der Waals surface area contributed by atoms with Crippen LogP contribution >= 0.6 is 11.3 Å². The smallest absolute Gasteiger partial charge is 0.264 e. The summed E-state index contributed by atoms with van der Waals surface area (Å²) in [4.78, 5) is 16.8. The lowest BCUT2D eigenvalue weighted by molar-refractivity contribution is -0.917. The molecule has 1 amide bonds. The second kappa shape index (κ2) is 6.75. The van der Waals surface area contributed by atoms with Gasteiger partial charge in [0, 0.05) is 5.56 Å². The van der Waals surface area contributed by atoms with Crippen LogP contribution in [0, 0.1) is 0 Å². The number of carbonyl (C=O) groups excluding carboxylic acids is 1. The lowest BCUT2D eigenvalue weighted by atomic mass is 10.0. The van der Waals surface area contributed by atoms with Crippen LogP contribution in [0.2, 0.25) is 0 Å². The van der Waals surface area contributed by atoms with Crippen LogP contribution in [-0.2, 0) is 6.54 Å². The SMILES string of the molecule is O=C(c1cccs1)N1CC[NH+](Cc2cccc3ccccc23)CC1. The minimum Gasteiger partial charge on any atom is -0.328 e. The van der Waals surface area contributed by atoms with Gasteiger partial charge in [0.25, 0.3) is 5.91 Å². The number of rotatable bonds is 3. The molecule has 4 heteroatoms. The molecule has 0 saturated carbocycles. The van der Waals surface area contributed by atoms with Crippen molar-refractivity contribution in [1.82, 2.24) is 4.90 Å². The van der Waals surface area contributed by atoms with Gasteiger partial charge in [-0.25, -0.2) is 0 Å². The largest absolute Gasteiger partial charge is 0.328 e. The summed E-state index contributed by atoms with van der Waals surface area (Å²) < 4.78 is 0. The maximum Gasteiger partial charge on any atom is 0.264 e. The number of benzene rings is 2. The number of fused-ring (bicyclic) bond motifs is 1. The van der Waals surface area contributed by atoms with Gasteiger partial charge in [-0.2, -0.15) is 0 Å². The van der Waals surface area contributed by atoms with Gasteiger partial charge in [-0.3, -0.25) is 4.79 Å². The maximum absolute atomic E-state index is 12.4. The molecule has 1 aliphatic heterocycles. The number of quaternary nitrogens is 1. The summed E-state index contributed by atoms with van der Waals surface area (Å²) in [5, 5.41) is 4.63. The number of piperazine rings is 1. The molecule has 3 nitrogen and oxygen atoms in total. The van der Waals surface area contributed by atoms with Crippen molar-refractivity contribution in [3.63, 3.8) is 0 Å². The van der Waals surface area contributed by atoms with E-state index in [4.69, 9.17) is 0 Å². The highest BCUT2D eigenvalue weighted by atomic mass is 32.1. The first-order valence-corrected chi connectivity index (χ1v) is 9.32. The van der Waals surface area contributed by atoms with Crippen molar-refractivity contribution in [1.29, 1.82) is 0 Å². The van der Waals surface area contributed by atoms with Crippen LogP contribution in [0.15, 0.2) is 60.0 Å². The van der Waals surface area contributed by atoms with Crippen LogP contribution in [-0.4, -0.2) is 37.0 Å². The molecule has 0 atom stereocenters. The number of hydrogen-bond donors (Lipinski definition) is 1. The van der Waals surface area contributed by atoms with Crippen molar-refractivity contribution >= 4 is 28.0 Å². The highest BCUT2D eigenvalue weighted by Crippen LogP contribution is 2.18. The quantitative estimate of drug-likeness (QED) is 0.780. The average molecular weight is 337 g/mol. The second-order valence-corrected chi connectivity index (χ2v) is 7.28. The molecule has 1 saturated heterocycles. The van der Waals surface area contributed by atoms with E-state index in [-0.39, 0.29) is 5.91 Å². The molecule has 3 aromatic rings.